The number of rotatable bonds is 7. The molecule has 0 N–H and O–H groups in total. The van der Waals surface area contributed by atoms with Crippen LogP contribution in [0.5, 0.6) is 17.2 Å². The molecule has 0 aliphatic carbocycles. The van der Waals surface area contributed by atoms with E-state index in [9.17, 15) is 0 Å². The minimum absolute atomic E-state index is 0.137. The Labute approximate surface area is 157 Å². The Morgan fingerprint density at radius 1 is 1.07 bits per heavy atom. The molecule has 6 nitrogen and oxygen atoms in total. The summed E-state index contributed by atoms with van der Waals surface area (Å²) in [5.74, 6) is 3.05. The number of hydrogen-bond acceptors (Lipinski definition) is 6. The molecule has 0 bridgehead atoms. The zero-order chi connectivity index (χ0) is 18.5. The van der Waals surface area contributed by atoms with E-state index in [1.165, 1.54) is 0 Å². The van der Waals surface area contributed by atoms with Crippen LogP contribution in [0.2, 0.25) is 0 Å². The fourth-order valence-corrected chi connectivity index (χ4v) is 2.90. The topological polar surface area (TPSA) is 63.0 Å². The lowest BCUT2D eigenvalue weighted by Crippen LogP contribution is -2.33. The van der Waals surface area contributed by atoms with E-state index in [2.05, 4.69) is 5.16 Å². The predicted octanol–water partition coefficient (Wildman–Crippen LogP) is 3.63. The second-order valence-corrected chi connectivity index (χ2v) is 6.32. The van der Waals surface area contributed by atoms with Gasteiger partial charge in [-0.15, -0.1) is 0 Å². The van der Waals surface area contributed by atoms with Crippen LogP contribution in [0.3, 0.4) is 0 Å². The zero-order valence-electron chi connectivity index (χ0n) is 15.1. The molecule has 0 radical (unpaired) electrons. The summed E-state index contributed by atoms with van der Waals surface area (Å²) < 4.78 is 27.8. The first-order valence-corrected chi connectivity index (χ1v) is 8.84. The molecule has 4 rings (SSSR count). The van der Waals surface area contributed by atoms with Crippen LogP contribution < -0.4 is 14.2 Å². The van der Waals surface area contributed by atoms with Gasteiger partial charge in [-0.3, -0.25) is 0 Å². The van der Waals surface area contributed by atoms with Gasteiger partial charge in [0.25, 0.3) is 0 Å². The first kappa shape index (κ1) is 17.4. The van der Waals surface area contributed by atoms with E-state index in [0.717, 1.165) is 28.5 Å². The number of aromatic nitrogens is 1. The maximum atomic E-state index is 5.87. The van der Waals surface area contributed by atoms with Crippen molar-refractivity contribution in [2.24, 2.45) is 0 Å². The van der Waals surface area contributed by atoms with Crippen molar-refractivity contribution in [1.82, 2.24) is 5.16 Å². The number of methoxy groups -OCH3 is 1. The summed E-state index contributed by atoms with van der Waals surface area (Å²) in [6, 6.07) is 17.4. The van der Waals surface area contributed by atoms with E-state index < -0.39 is 0 Å². The summed E-state index contributed by atoms with van der Waals surface area (Å²) in [5.41, 5.74) is 2.01. The number of para-hydroxylation sites is 2. The van der Waals surface area contributed by atoms with Crippen LogP contribution in [-0.4, -0.2) is 31.6 Å². The summed E-state index contributed by atoms with van der Waals surface area (Å²) in [6.07, 6.45) is 0.561. The molecule has 0 fully saturated rings. The Morgan fingerprint density at radius 2 is 1.89 bits per heavy atom. The molecule has 0 saturated carbocycles. The van der Waals surface area contributed by atoms with Crippen molar-refractivity contribution in [3.8, 4) is 17.2 Å². The number of hydrogen-bond donors (Lipinski definition) is 0. The summed E-state index contributed by atoms with van der Waals surface area (Å²) >= 11 is 0. The lowest BCUT2D eigenvalue weighted by molar-refractivity contribution is -0.00265. The van der Waals surface area contributed by atoms with Gasteiger partial charge in [0.05, 0.1) is 19.4 Å². The molecule has 1 aromatic heterocycles. The molecule has 0 amide bonds. The minimum atomic E-state index is -0.137. The Morgan fingerprint density at radius 3 is 2.70 bits per heavy atom. The minimum Gasteiger partial charge on any atom is -0.497 e. The van der Waals surface area contributed by atoms with Crippen LogP contribution in [0, 0.1) is 0 Å². The summed E-state index contributed by atoms with van der Waals surface area (Å²) in [5, 5.41) is 4.11. The Kier molecular flexibility index (Phi) is 5.25. The smallest absolute Gasteiger partial charge is 0.162 e. The van der Waals surface area contributed by atoms with Gasteiger partial charge in [-0.1, -0.05) is 29.4 Å². The fraction of sp³-hybridized carbons (Fsp3) is 0.286. The van der Waals surface area contributed by atoms with Crippen molar-refractivity contribution in [3.05, 3.63) is 71.6 Å². The normalized spacial score (nSPS) is 15.5. The predicted molar refractivity (Wildman–Crippen MR) is 98.3 cm³/mol. The van der Waals surface area contributed by atoms with Crippen molar-refractivity contribution in [2.75, 3.05) is 20.3 Å². The molecule has 140 valence electrons. The second-order valence-electron chi connectivity index (χ2n) is 6.32. The molecule has 2 aromatic carbocycles. The number of fused-ring (bicyclic) bond motifs is 1. The number of benzene rings is 2. The molecule has 0 spiro atoms. The molecule has 1 unspecified atom stereocenters. The number of nitrogens with zero attached hydrogens (tertiary/aromatic N) is 1. The van der Waals surface area contributed by atoms with E-state index in [4.69, 9.17) is 23.5 Å². The average Bonchev–Trinajstić information content (AvgIpc) is 3.15. The van der Waals surface area contributed by atoms with E-state index in [-0.39, 0.29) is 6.10 Å². The van der Waals surface area contributed by atoms with Crippen LogP contribution in [0.1, 0.15) is 17.0 Å². The van der Waals surface area contributed by atoms with Gasteiger partial charge < -0.3 is 23.5 Å². The molecule has 6 heteroatoms. The fourth-order valence-electron chi connectivity index (χ4n) is 2.90. The van der Waals surface area contributed by atoms with Gasteiger partial charge in [0.15, 0.2) is 23.4 Å². The maximum Gasteiger partial charge on any atom is 0.162 e. The van der Waals surface area contributed by atoms with Crippen molar-refractivity contribution in [2.45, 2.75) is 19.1 Å². The second kappa shape index (κ2) is 8.14. The van der Waals surface area contributed by atoms with E-state index >= 15 is 0 Å². The highest BCUT2D eigenvalue weighted by Gasteiger charge is 2.20. The van der Waals surface area contributed by atoms with Crippen LogP contribution >= 0.6 is 0 Å². The van der Waals surface area contributed by atoms with Gasteiger partial charge >= 0.3 is 0 Å². The van der Waals surface area contributed by atoms with Crippen molar-refractivity contribution in [1.29, 1.82) is 0 Å². The monoisotopic (exact) mass is 367 g/mol. The number of ether oxygens (including phenoxy) is 4. The van der Waals surface area contributed by atoms with Crippen LogP contribution in [0.15, 0.2) is 59.1 Å². The highest BCUT2D eigenvalue weighted by Crippen LogP contribution is 2.30. The molecule has 3 aromatic rings. The van der Waals surface area contributed by atoms with E-state index in [1.54, 1.807) is 7.11 Å². The van der Waals surface area contributed by atoms with Crippen LogP contribution in [0.4, 0.5) is 0 Å². The first-order chi connectivity index (χ1) is 13.3. The Balaban J connectivity index is 1.25. The summed E-state index contributed by atoms with van der Waals surface area (Å²) in [7, 11) is 1.65. The lowest BCUT2D eigenvalue weighted by atomic mass is 10.1. The van der Waals surface area contributed by atoms with Crippen LogP contribution in [0.25, 0.3) is 0 Å². The van der Waals surface area contributed by atoms with Gasteiger partial charge in [0.1, 0.15) is 19.0 Å². The van der Waals surface area contributed by atoms with Gasteiger partial charge in [-0.2, -0.15) is 0 Å². The third-order valence-corrected chi connectivity index (χ3v) is 4.27. The largest absolute Gasteiger partial charge is 0.497 e. The quantitative estimate of drug-likeness (QED) is 0.635. The van der Waals surface area contributed by atoms with Crippen molar-refractivity contribution < 1.29 is 23.5 Å². The molecule has 1 aliphatic heterocycles. The molecule has 1 aliphatic rings. The molecular weight excluding hydrogens is 346 g/mol. The molecule has 2 heterocycles. The molecule has 1 atom stereocenters. The van der Waals surface area contributed by atoms with Crippen molar-refractivity contribution >= 4 is 0 Å². The highest BCUT2D eigenvalue weighted by atomic mass is 16.6. The SMILES string of the molecule is COc1ccc(Cc2cc(COCC3COc4ccccc4O3)on2)cc1. The molecular formula is C21H21NO5. The summed E-state index contributed by atoms with van der Waals surface area (Å²) in [4.78, 5) is 0. The first-order valence-electron chi connectivity index (χ1n) is 8.84. The van der Waals surface area contributed by atoms with E-state index in [1.807, 2.05) is 54.6 Å². The molecule has 27 heavy (non-hydrogen) atoms. The van der Waals surface area contributed by atoms with E-state index in [0.29, 0.717) is 32.0 Å². The van der Waals surface area contributed by atoms with Crippen LogP contribution in [-0.2, 0) is 17.8 Å². The molecule has 0 saturated heterocycles. The van der Waals surface area contributed by atoms with Gasteiger partial charge in [-0.25, -0.2) is 0 Å². The average molecular weight is 367 g/mol. The summed E-state index contributed by atoms with van der Waals surface area (Å²) in [6.45, 7) is 1.23. The standard InChI is InChI=1S/C21H21NO5/c1-23-17-8-6-15(7-9-17)10-16-11-18(27-22-16)12-24-13-19-14-25-20-4-2-3-5-21(20)26-19/h2-9,11,19H,10,12-14H2,1H3. The maximum absolute atomic E-state index is 5.87. The highest BCUT2D eigenvalue weighted by molar-refractivity contribution is 5.40. The van der Waals surface area contributed by atoms with Gasteiger partial charge in [0.2, 0.25) is 0 Å². The van der Waals surface area contributed by atoms with Gasteiger partial charge in [-0.05, 0) is 29.8 Å². The Hall–Kier alpha value is -2.99. The Bertz CT molecular complexity index is 874. The van der Waals surface area contributed by atoms with Gasteiger partial charge in [0, 0.05) is 12.5 Å². The zero-order valence-corrected chi connectivity index (χ0v) is 15.1. The third-order valence-electron chi connectivity index (χ3n) is 4.27. The lowest BCUT2D eigenvalue weighted by Gasteiger charge is -2.26. The third kappa shape index (κ3) is 4.41. The van der Waals surface area contributed by atoms with Crippen molar-refractivity contribution in [3.63, 3.8) is 0 Å².